The summed E-state index contributed by atoms with van der Waals surface area (Å²) in [6.45, 7) is 3.91. The third-order valence-electron chi connectivity index (χ3n) is 3.56. The van der Waals surface area contributed by atoms with Gasteiger partial charge in [-0.3, -0.25) is 4.79 Å². The molecule has 4 heteroatoms. The van der Waals surface area contributed by atoms with Gasteiger partial charge in [-0.25, -0.2) is 0 Å². The second-order valence-electron chi connectivity index (χ2n) is 4.91. The highest BCUT2D eigenvalue weighted by Gasteiger charge is 2.26. The Morgan fingerprint density at radius 3 is 2.84 bits per heavy atom. The van der Waals surface area contributed by atoms with Gasteiger partial charge in [-0.15, -0.1) is 0 Å². The molecule has 1 aromatic carbocycles. The average Bonchev–Trinajstić information content (AvgIpc) is 2.47. The second-order valence-corrected chi connectivity index (χ2v) is 4.91. The summed E-state index contributed by atoms with van der Waals surface area (Å²) >= 11 is 0. The van der Waals surface area contributed by atoms with Gasteiger partial charge in [0.25, 0.3) is 5.91 Å². The van der Waals surface area contributed by atoms with E-state index in [1.807, 2.05) is 36.1 Å². The van der Waals surface area contributed by atoms with Crippen LogP contribution < -0.4 is 5.73 Å². The number of rotatable bonds is 4. The Kier molecular flexibility index (Phi) is 4.80. The number of nitrogen functional groups attached to an aromatic ring is 1. The molecule has 4 nitrogen and oxygen atoms in total. The van der Waals surface area contributed by atoms with Gasteiger partial charge in [0, 0.05) is 25.4 Å². The van der Waals surface area contributed by atoms with Crippen LogP contribution in [0.25, 0.3) is 0 Å². The van der Waals surface area contributed by atoms with E-state index in [4.69, 9.17) is 10.5 Å². The van der Waals surface area contributed by atoms with Crippen LogP contribution in [0.5, 0.6) is 0 Å². The molecular weight excluding hydrogens is 240 g/mol. The van der Waals surface area contributed by atoms with Gasteiger partial charge in [0.2, 0.25) is 0 Å². The molecule has 19 heavy (non-hydrogen) atoms. The number of para-hydroxylation sites is 1. The molecule has 0 bridgehead atoms. The van der Waals surface area contributed by atoms with E-state index in [1.54, 1.807) is 0 Å². The van der Waals surface area contributed by atoms with E-state index in [2.05, 4.69) is 0 Å². The van der Waals surface area contributed by atoms with E-state index in [0.29, 0.717) is 19.7 Å². The molecule has 0 spiro atoms. The predicted octanol–water partition coefficient (Wildman–Crippen LogP) is 2.19. The number of carbonyl (C=O) groups is 1. The van der Waals surface area contributed by atoms with Crippen LogP contribution in [0.3, 0.4) is 0 Å². The number of amides is 1. The SMILES string of the molecule is CCN(Cc1ccccc1N)C(=O)C1CCCCO1. The van der Waals surface area contributed by atoms with E-state index >= 15 is 0 Å². The van der Waals surface area contributed by atoms with E-state index in [-0.39, 0.29) is 12.0 Å². The van der Waals surface area contributed by atoms with Crippen molar-refractivity contribution in [1.82, 2.24) is 4.90 Å². The van der Waals surface area contributed by atoms with Crippen LogP contribution in [0.4, 0.5) is 5.69 Å². The molecule has 1 aromatic rings. The molecule has 0 radical (unpaired) electrons. The van der Waals surface area contributed by atoms with Gasteiger partial charge >= 0.3 is 0 Å². The Morgan fingerprint density at radius 2 is 2.21 bits per heavy atom. The van der Waals surface area contributed by atoms with Crippen molar-refractivity contribution in [3.63, 3.8) is 0 Å². The van der Waals surface area contributed by atoms with Crippen LogP contribution in [-0.2, 0) is 16.1 Å². The van der Waals surface area contributed by atoms with Crippen LogP contribution in [0.1, 0.15) is 31.7 Å². The molecular formula is C15H22N2O2. The number of carbonyl (C=O) groups excluding carboxylic acids is 1. The highest BCUT2D eigenvalue weighted by molar-refractivity contribution is 5.81. The molecule has 2 N–H and O–H groups in total. The minimum absolute atomic E-state index is 0.0884. The van der Waals surface area contributed by atoms with E-state index in [0.717, 1.165) is 30.5 Å². The van der Waals surface area contributed by atoms with Gasteiger partial charge in [-0.05, 0) is 37.8 Å². The summed E-state index contributed by atoms with van der Waals surface area (Å²) in [6, 6.07) is 7.68. The van der Waals surface area contributed by atoms with Crippen molar-refractivity contribution >= 4 is 11.6 Å². The number of benzene rings is 1. The van der Waals surface area contributed by atoms with E-state index < -0.39 is 0 Å². The lowest BCUT2D eigenvalue weighted by molar-refractivity contribution is -0.146. The normalized spacial score (nSPS) is 19.1. The fourth-order valence-electron chi connectivity index (χ4n) is 2.37. The fraction of sp³-hybridized carbons (Fsp3) is 0.533. The molecule has 1 aliphatic heterocycles. The molecule has 0 aliphatic carbocycles. The number of anilines is 1. The Bertz CT molecular complexity index is 428. The highest BCUT2D eigenvalue weighted by atomic mass is 16.5. The Morgan fingerprint density at radius 1 is 1.42 bits per heavy atom. The molecule has 1 saturated heterocycles. The van der Waals surface area contributed by atoms with Crippen molar-refractivity contribution in [2.45, 2.75) is 38.8 Å². The van der Waals surface area contributed by atoms with Gasteiger partial charge in [-0.2, -0.15) is 0 Å². The minimum Gasteiger partial charge on any atom is -0.398 e. The predicted molar refractivity (Wildman–Crippen MR) is 75.5 cm³/mol. The Balaban J connectivity index is 2.03. The van der Waals surface area contributed by atoms with Crippen molar-refractivity contribution in [2.75, 3.05) is 18.9 Å². The summed E-state index contributed by atoms with van der Waals surface area (Å²) in [5.41, 5.74) is 7.66. The maximum atomic E-state index is 12.4. The zero-order valence-corrected chi connectivity index (χ0v) is 11.5. The van der Waals surface area contributed by atoms with Crippen LogP contribution >= 0.6 is 0 Å². The van der Waals surface area contributed by atoms with Gasteiger partial charge < -0.3 is 15.4 Å². The molecule has 0 saturated carbocycles. The zero-order valence-electron chi connectivity index (χ0n) is 11.5. The average molecular weight is 262 g/mol. The first-order valence-corrected chi connectivity index (χ1v) is 6.96. The number of nitrogens with two attached hydrogens (primary N) is 1. The highest BCUT2D eigenvalue weighted by Crippen LogP contribution is 2.18. The summed E-state index contributed by atoms with van der Waals surface area (Å²) in [4.78, 5) is 14.2. The van der Waals surface area contributed by atoms with Crippen molar-refractivity contribution in [1.29, 1.82) is 0 Å². The third kappa shape index (κ3) is 3.47. The topological polar surface area (TPSA) is 55.6 Å². The maximum absolute atomic E-state index is 12.4. The zero-order chi connectivity index (χ0) is 13.7. The second kappa shape index (κ2) is 6.57. The smallest absolute Gasteiger partial charge is 0.251 e. The van der Waals surface area contributed by atoms with Gasteiger partial charge in [0.05, 0.1) is 0 Å². The number of likely N-dealkylation sites (N-methyl/N-ethyl adjacent to an activating group) is 1. The van der Waals surface area contributed by atoms with Crippen molar-refractivity contribution in [3.05, 3.63) is 29.8 Å². The summed E-state index contributed by atoms with van der Waals surface area (Å²) in [7, 11) is 0. The lowest BCUT2D eigenvalue weighted by Crippen LogP contribution is -2.41. The lowest BCUT2D eigenvalue weighted by Gasteiger charge is -2.29. The van der Waals surface area contributed by atoms with Crippen molar-refractivity contribution in [3.8, 4) is 0 Å². The Labute approximate surface area is 114 Å². The summed E-state index contributed by atoms with van der Waals surface area (Å²) in [6.07, 6.45) is 2.70. The molecule has 1 heterocycles. The first-order chi connectivity index (χ1) is 9.22. The third-order valence-corrected chi connectivity index (χ3v) is 3.56. The maximum Gasteiger partial charge on any atom is 0.251 e. The summed E-state index contributed by atoms with van der Waals surface area (Å²) < 4.78 is 5.57. The number of hydrogen-bond acceptors (Lipinski definition) is 3. The van der Waals surface area contributed by atoms with Gasteiger partial charge in [0.15, 0.2) is 0 Å². The van der Waals surface area contributed by atoms with E-state index in [9.17, 15) is 4.79 Å². The van der Waals surface area contributed by atoms with Crippen LogP contribution in [0.2, 0.25) is 0 Å². The summed E-state index contributed by atoms with van der Waals surface area (Å²) in [5, 5.41) is 0. The minimum atomic E-state index is -0.265. The molecule has 104 valence electrons. The molecule has 1 unspecified atom stereocenters. The monoisotopic (exact) mass is 262 g/mol. The standard InChI is InChI=1S/C15H22N2O2/c1-2-17(11-12-7-3-4-8-13(12)16)15(18)14-9-5-6-10-19-14/h3-4,7-8,14H,2,5-6,9-11,16H2,1H3. The number of ether oxygens (including phenoxy) is 1. The Hall–Kier alpha value is -1.55. The molecule has 1 atom stereocenters. The number of hydrogen-bond donors (Lipinski definition) is 1. The first-order valence-electron chi connectivity index (χ1n) is 6.96. The fourth-order valence-corrected chi connectivity index (χ4v) is 2.37. The number of nitrogens with zero attached hydrogens (tertiary/aromatic N) is 1. The lowest BCUT2D eigenvalue weighted by atomic mass is 10.1. The van der Waals surface area contributed by atoms with Crippen molar-refractivity contribution in [2.24, 2.45) is 0 Å². The first kappa shape index (κ1) is 13.9. The van der Waals surface area contributed by atoms with Crippen LogP contribution in [0, 0.1) is 0 Å². The molecule has 1 fully saturated rings. The van der Waals surface area contributed by atoms with Gasteiger partial charge in [0.1, 0.15) is 6.10 Å². The molecule has 1 aliphatic rings. The quantitative estimate of drug-likeness (QED) is 0.846. The molecule has 1 amide bonds. The van der Waals surface area contributed by atoms with Gasteiger partial charge in [-0.1, -0.05) is 18.2 Å². The van der Waals surface area contributed by atoms with Crippen LogP contribution in [-0.4, -0.2) is 30.1 Å². The summed E-state index contributed by atoms with van der Waals surface area (Å²) in [5.74, 6) is 0.0884. The van der Waals surface area contributed by atoms with Crippen LogP contribution in [0.15, 0.2) is 24.3 Å². The molecule has 0 aromatic heterocycles. The van der Waals surface area contributed by atoms with Crippen molar-refractivity contribution < 1.29 is 9.53 Å². The molecule has 2 rings (SSSR count). The van der Waals surface area contributed by atoms with E-state index in [1.165, 1.54) is 0 Å². The largest absolute Gasteiger partial charge is 0.398 e.